The summed E-state index contributed by atoms with van der Waals surface area (Å²) in [5.74, 6) is -0.773. The monoisotopic (exact) mass is 573 g/mol. The Morgan fingerprint density at radius 2 is 1.62 bits per heavy atom. The SMILES string of the molecule is CC(=O)Nc1nc(-c2cccc(C#N)c2)c(C(=O)Nc2ccc(-c3ccccc3S(=O)(=O)NC(C)(C)C)cc2)s1. The number of carbonyl (C=O) groups is 2. The molecule has 3 aromatic carbocycles. The van der Waals surface area contributed by atoms with Crippen molar-refractivity contribution in [3.05, 3.63) is 83.2 Å². The van der Waals surface area contributed by atoms with Crippen LogP contribution in [0.2, 0.25) is 0 Å². The van der Waals surface area contributed by atoms with Gasteiger partial charge in [-0.15, -0.1) is 0 Å². The number of benzene rings is 3. The van der Waals surface area contributed by atoms with Gasteiger partial charge < -0.3 is 10.6 Å². The summed E-state index contributed by atoms with van der Waals surface area (Å²) in [7, 11) is -3.78. The molecule has 3 N–H and O–H groups in total. The van der Waals surface area contributed by atoms with Crippen LogP contribution < -0.4 is 15.4 Å². The molecule has 0 aliphatic carbocycles. The summed E-state index contributed by atoms with van der Waals surface area (Å²) >= 11 is 1.02. The van der Waals surface area contributed by atoms with E-state index in [-0.39, 0.29) is 20.8 Å². The molecule has 4 aromatic rings. The van der Waals surface area contributed by atoms with Gasteiger partial charge in [0.2, 0.25) is 15.9 Å². The number of hydrogen-bond acceptors (Lipinski definition) is 7. The lowest BCUT2D eigenvalue weighted by Crippen LogP contribution is -2.40. The number of carbonyl (C=O) groups excluding carboxylic acids is 2. The van der Waals surface area contributed by atoms with Gasteiger partial charge in [-0.1, -0.05) is 53.8 Å². The van der Waals surface area contributed by atoms with Gasteiger partial charge in [-0.25, -0.2) is 18.1 Å². The van der Waals surface area contributed by atoms with Crippen molar-refractivity contribution >= 4 is 44.0 Å². The average Bonchev–Trinajstić information content (AvgIpc) is 3.31. The molecule has 0 fully saturated rings. The van der Waals surface area contributed by atoms with E-state index in [1.54, 1.807) is 93.6 Å². The van der Waals surface area contributed by atoms with E-state index in [0.717, 1.165) is 11.3 Å². The maximum absolute atomic E-state index is 13.3. The Balaban J connectivity index is 1.63. The lowest BCUT2D eigenvalue weighted by Gasteiger charge is -2.21. The lowest BCUT2D eigenvalue weighted by molar-refractivity contribution is -0.114. The molecular weight excluding hydrogens is 546 g/mol. The zero-order chi connectivity index (χ0) is 29.1. The Kier molecular flexibility index (Phi) is 8.16. The van der Waals surface area contributed by atoms with E-state index >= 15 is 0 Å². The fourth-order valence-electron chi connectivity index (χ4n) is 3.93. The van der Waals surface area contributed by atoms with Gasteiger partial charge in [-0.3, -0.25) is 9.59 Å². The van der Waals surface area contributed by atoms with Crippen LogP contribution in [0.4, 0.5) is 10.8 Å². The number of amides is 2. The van der Waals surface area contributed by atoms with Crippen molar-refractivity contribution in [2.75, 3.05) is 10.6 Å². The summed E-state index contributed by atoms with van der Waals surface area (Å²) in [6.45, 7) is 6.68. The van der Waals surface area contributed by atoms with Crippen LogP contribution in [0.15, 0.2) is 77.7 Å². The highest BCUT2D eigenvalue weighted by Gasteiger charge is 2.25. The van der Waals surface area contributed by atoms with Gasteiger partial charge in [-0.2, -0.15) is 5.26 Å². The third-order valence-corrected chi connectivity index (χ3v) is 8.24. The van der Waals surface area contributed by atoms with E-state index < -0.39 is 21.5 Å². The summed E-state index contributed by atoms with van der Waals surface area (Å²) in [6.07, 6.45) is 0. The highest BCUT2D eigenvalue weighted by atomic mass is 32.2. The minimum atomic E-state index is -3.78. The molecule has 0 spiro atoms. The summed E-state index contributed by atoms with van der Waals surface area (Å²) in [6, 6.07) is 22.3. The number of anilines is 2. The van der Waals surface area contributed by atoms with Crippen LogP contribution in [0.5, 0.6) is 0 Å². The van der Waals surface area contributed by atoms with Crippen LogP contribution in [0.1, 0.15) is 42.9 Å². The first-order chi connectivity index (χ1) is 18.9. The van der Waals surface area contributed by atoms with E-state index in [1.165, 1.54) is 6.92 Å². The standard InChI is InChI=1S/C29H27N5O4S2/c1-18(35)31-28-33-25(21-9-7-8-19(16-21)17-30)26(39-28)27(36)32-22-14-12-20(13-15-22)23-10-5-6-11-24(23)40(37,38)34-29(2,3)4/h5-16,34H,1-4H3,(H,32,36)(H,31,33,35). The van der Waals surface area contributed by atoms with Gasteiger partial charge in [-0.05, 0) is 56.7 Å². The van der Waals surface area contributed by atoms with Crippen LogP contribution in [0, 0.1) is 11.3 Å². The maximum Gasteiger partial charge on any atom is 0.268 e. The van der Waals surface area contributed by atoms with Crippen molar-refractivity contribution in [1.82, 2.24) is 9.71 Å². The molecule has 0 aliphatic heterocycles. The molecule has 0 saturated carbocycles. The number of nitrogens with zero attached hydrogens (tertiary/aromatic N) is 2. The minimum absolute atomic E-state index is 0.154. The number of nitrogens with one attached hydrogen (secondary N) is 3. The van der Waals surface area contributed by atoms with E-state index in [1.807, 2.05) is 0 Å². The fraction of sp³-hybridized carbons (Fsp3) is 0.172. The van der Waals surface area contributed by atoms with Crippen molar-refractivity contribution in [2.24, 2.45) is 0 Å². The predicted molar refractivity (Wildman–Crippen MR) is 156 cm³/mol. The summed E-state index contributed by atoms with van der Waals surface area (Å²) in [5.41, 5.74) is 2.33. The first-order valence-corrected chi connectivity index (χ1v) is 14.5. The third kappa shape index (κ3) is 6.79. The predicted octanol–water partition coefficient (Wildman–Crippen LogP) is 5.64. The minimum Gasteiger partial charge on any atom is -0.321 e. The highest BCUT2D eigenvalue weighted by molar-refractivity contribution is 7.89. The van der Waals surface area contributed by atoms with Crippen molar-refractivity contribution in [3.8, 4) is 28.5 Å². The van der Waals surface area contributed by atoms with Crippen LogP contribution in [-0.2, 0) is 14.8 Å². The molecule has 4 rings (SSSR count). The molecule has 2 amide bonds. The number of nitriles is 1. The second-order valence-corrected chi connectivity index (χ2v) is 12.6. The normalized spacial score (nSPS) is 11.5. The van der Waals surface area contributed by atoms with Crippen molar-refractivity contribution in [2.45, 2.75) is 38.1 Å². The second-order valence-electron chi connectivity index (χ2n) is 9.95. The molecule has 0 saturated heterocycles. The Bertz CT molecular complexity index is 1730. The van der Waals surface area contributed by atoms with E-state index in [2.05, 4.69) is 26.4 Å². The largest absolute Gasteiger partial charge is 0.321 e. The number of hydrogen-bond donors (Lipinski definition) is 3. The zero-order valence-electron chi connectivity index (χ0n) is 22.3. The number of sulfonamides is 1. The van der Waals surface area contributed by atoms with Crippen LogP contribution in [0.3, 0.4) is 0 Å². The third-order valence-electron chi connectivity index (χ3n) is 5.45. The maximum atomic E-state index is 13.3. The van der Waals surface area contributed by atoms with Crippen LogP contribution >= 0.6 is 11.3 Å². The van der Waals surface area contributed by atoms with Gasteiger partial charge in [0.15, 0.2) is 5.13 Å². The quantitative estimate of drug-likeness (QED) is 0.261. The molecular formula is C29H27N5O4S2. The molecule has 0 unspecified atom stereocenters. The molecule has 11 heteroatoms. The molecule has 0 aliphatic rings. The van der Waals surface area contributed by atoms with Crippen molar-refractivity contribution < 1.29 is 18.0 Å². The molecule has 9 nitrogen and oxygen atoms in total. The number of aromatic nitrogens is 1. The van der Waals surface area contributed by atoms with Gasteiger partial charge in [0.05, 0.1) is 22.2 Å². The Labute approximate surface area is 237 Å². The summed E-state index contributed by atoms with van der Waals surface area (Å²) in [4.78, 5) is 29.8. The van der Waals surface area contributed by atoms with E-state index in [4.69, 9.17) is 0 Å². The molecule has 1 aromatic heterocycles. The fourth-order valence-corrected chi connectivity index (χ4v) is 6.51. The zero-order valence-corrected chi connectivity index (χ0v) is 23.9. The van der Waals surface area contributed by atoms with Gasteiger partial charge >= 0.3 is 0 Å². The number of thiazole rings is 1. The van der Waals surface area contributed by atoms with E-state index in [9.17, 15) is 23.3 Å². The van der Waals surface area contributed by atoms with Gasteiger partial charge in [0, 0.05) is 29.3 Å². The van der Waals surface area contributed by atoms with Gasteiger partial charge in [0.1, 0.15) is 4.88 Å². The molecule has 204 valence electrons. The first kappa shape index (κ1) is 28.6. The topological polar surface area (TPSA) is 141 Å². The van der Waals surface area contributed by atoms with Crippen molar-refractivity contribution in [1.29, 1.82) is 5.26 Å². The summed E-state index contributed by atoms with van der Waals surface area (Å²) < 4.78 is 28.8. The first-order valence-electron chi connectivity index (χ1n) is 12.2. The van der Waals surface area contributed by atoms with Crippen molar-refractivity contribution in [3.63, 3.8) is 0 Å². The smallest absolute Gasteiger partial charge is 0.268 e. The van der Waals surface area contributed by atoms with Gasteiger partial charge in [0.25, 0.3) is 5.91 Å². The Morgan fingerprint density at radius 1 is 0.925 bits per heavy atom. The molecule has 1 heterocycles. The molecule has 0 bridgehead atoms. The lowest BCUT2D eigenvalue weighted by atomic mass is 10.1. The van der Waals surface area contributed by atoms with E-state index in [0.29, 0.717) is 33.6 Å². The Hall–Kier alpha value is -4.37. The highest BCUT2D eigenvalue weighted by Crippen LogP contribution is 2.33. The average molecular weight is 574 g/mol. The second kappa shape index (κ2) is 11.4. The molecule has 40 heavy (non-hydrogen) atoms. The van der Waals surface area contributed by atoms with Crippen LogP contribution in [-0.4, -0.2) is 30.8 Å². The molecule has 0 radical (unpaired) electrons. The number of rotatable bonds is 7. The molecule has 0 atom stereocenters. The summed E-state index contributed by atoms with van der Waals surface area (Å²) in [5, 5.41) is 15.0. The Morgan fingerprint density at radius 3 is 2.27 bits per heavy atom. The van der Waals surface area contributed by atoms with Crippen LogP contribution in [0.25, 0.3) is 22.4 Å².